The third kappa shape index (κ3) is 8.54. The highest BCUT2D eigenvalue weighted by Crippen LogP contribution is 2.22. The highest BCUT2D eigenvalue weighted by molar-refractivity contribution is 7.89. The molecule has 0 aliphatic rings. The van der Waals surface area contributed by atoms with E-state index in [1.165, 1.54) is 31.4 Å². The first-order valence-electron chi connectivity index (χ1n) is 10.9. The summed E-state index contributed by atoms with van der Waals surface area (Å²) >= 11 is 0. The molecule has 12 heteroatoms. The number of esters is 1. The molecule has 0 saturated carbocycles. The fourth-order valence-electron chi connectivity index (χ4n) is 3.01. The van der Waals surface area contributed by atoms with E-state index in [0.717, 1.165) is 0 Å². The topological polar surface area (TPSA) is 149 Å². The molecule has 36 heavy (non-hydrogen) atoms. The number of carboxylic acid groups (broad SMARTS) is 1. The summed E-state index contributed by atoms with van der Waals surface area (Å²) in [5, 5.41) is 12.1. The largest absolute Gasteiger partial charge is 0.497 e. The van der Waals surface area contributed by atoms with Gasteiger partial charge in [-0.15, -0.1) is 0 Å². The van der Waals surface area contributed by atoms with E-state index >= 15 is 0 Å². The van der Waals surface area contributed by atoms with Crippen LogP contribution in [-0.2, 0) is 35.7 Å². The Bertz CT molecular complexity index is 1140. The number of rotatable bonds is 11. The van der Waals surface area contributed by atoms with Crippen molar-refractivity contribution in [2.75, 3.05) is 20.2 Å². The van der Waals surface area contributed by atoms with Gasteiger partial charge in [0.25, 0.3) is 0 Å². The average molecular weight is 523 g/mol. The van der Waals surface area contributed by atoms with Crippen LogP contribution < -0.4 is 10.1 Å². The number of carbonyl (C=O) groups is 3. The van der Waals surface area contributed by atoms with Crippen molar-refractivity contribution in [3.05, 3.63) is 60.2 Å². The molecular formula is C24H30N2O9S. The molecule has 0 spiro atoms. The zero-order valence-electron chi connectivity index (χ0n) is 20.5. The minimum atomic E-state index is -4.52. The Balaban J connectivity index is 2.27. The zero-order valence-corrected chi connectivity index (χ0v) is 21.3. The second-order valence-electron chi connectivity index (χ2n) is 8.61. The second kappa shape index (κ2) is 12.4. The number of carboxylic acids is 1. The Morgan fingerprint density at radius 3 is 2.17 bits per heavy atom. The van der Waals surface area contributed by atoms with Gasteiger partial charge in [0.1, 0.15) is 30.5 Å². The van der Waals surface area contributed by atoms with E-state index < -0.39 is 52.8 Å². The van der Waals surface area contributed by atoms with Crippen LogP contribution in [0.4, 0.5) is 4.79 Å². The number of alkyl carbamates (subject to hydrolysis) is 1. The molecule has 196 valence electrons. The van der Waals surface area contributed by atoms with Crippen molar-refractivity contribution in [1.29, 1.82) is 0 Å². The number of hydrogen-bond donors (Lipinski definition) is 2. The van der Waals surface area contributed by atoms with Crippen LogP contribution in [0.15, 0.2) is 59.5 Å². The Hall–Kier alpha value is -3.64. The lowest BCUT2D eigenvalue weighted by Crippen LogP contribution is -2.53. The van der Waals surface area contributed by atoms with E-state index in [9.17, 15) is 27.9 Å². The third-order valence-corrected chi connectivity index (χ3v) is 6.53. The maximum absolute atomic E-state index is 13.4. The summed E-state index contributed by atoms with van der Waals surface area (Å²) in [7, 11) is -3.12. The quantitative estimate of drug-likeness (QED) is 0.424. The van der Waals surface area contributed by atoms with Crippen molar-refractivity contribution in [2.45, 2.75) is 43.9 Å². The van der Waals surface area contributed by atoms with Crippen molar-refractivity contribution < 1.29 is 42.1 Å². The van der Waals surface area contributed by atoms with Gasteiger partial charge in [-0.3, -0.25) is 9.59 Å². The molecule has 11 nitrogen and oxygen atoms in total. The molecule has 0 heterocycles. The lowest BCUT2D eigenvalue weighted by molar-refractivity contribution is -0.156. The first-order chi connectivity index (χ1) is 16.8. The molecule has 0 bridgehead atoms. The highest BCUT2D eigenvalue weighted by atomic mass is 32.2. The highest BCUT2D eigenvalue weighted by Gasteiger charge is 2.39. The van der Waals surface area contributed by atoms with E-state index in [2.05, 4.69) is 5.32 Å². The summed E-state index contributed by atoms with van der Waals surface area (Å²) in [6.07, 6.45) is -0.954. The molecule has 2 rings (SSSR count). The van der Waals surface area contributed by atoms with Crippen molar-refractivity contribution in [1.82, 2.24) is 9.62 Å². The van der Waals surface area contributed by atoms with Gasteiger partial charge in [0, 0.05) is 6.54 Å². The number of methoxy groups -OCH3 is 1. The molecule has 0 aliphatic carbocycles. The van der Waals surface area contributed by atoms with Gasteiger partial charge in [0.2, 0.25) is 10.0 Å². The van der Waals surface area contributed by atoms with Gasteiger partial charge in [-0.25, -0.2) is 13.2 Å². The average Bonchev–Trinajstić information content (AvgIpc) is 2.81. The SMILES string of the molecule is COc1ccc(S(=O)(=O)N(CC(=O)OC(C)(C)C)C(CNC(=O)OCc2ccccc2)C(=O)O)cc1. The summed E-state index contributed by atoms with van der Waals surface area (Å²) in [4.78, 5) is 36.5. The minimum absolute atomic E-state index is 0.0732. The molecule has 0 aliphatic heterocycles. The van der Waals surface area contributed by atoms with E-state index in [-0.39, 0.29) is 11.5 Å². The predicted molar refractivity (Wildman–Crippen MR) is 129 cm³/mol. The fourth-order valence-corrected chi connectivity index (χ4v) is 4.54. The van der Waals surface area contributed by atoms with Crippen LogP contribution in [0, 0.1) is 0 Å². The van der Waals surface area contributed by atoms with Gasteiger partial charge in [0.15, 0.2) is 0 Å². The molecular weight excluding hydrogens is 492 g/mol. The first-order valence-corrected chi connectivity index (χ1v) is 12.3. The van der Waals surface area contributed by atoms with Gasteiger partial charge in [0.05, 0.1) is 12.0 Å². The van der Waals surface area contributed by atoms with Crippen LogP contribution in [0.3, 0.4) is 0 Å². The monoisotopic (exact) mass is 522 g/mol. The smallest absolute Gasteiger partial charge is 0.407 e. The summed E-state index contributed by atoms with van der Waals surface area (Å²) in [6.45, 7) is 3.13. The van der Waals surface area contributed by atoms with Crippen molar-refractivity contribution in [2.24, 2.45) is 0 Å². The van der Waals surface area contributed by atoms with E-state index in [0.29, 0.717) is 15.6 Å². The molecule has 1 unspecified atom stereocenters. The Morgan fingerprint density at radius 2 is 1.64 bits per heavy atom. The van der Waals surface area contributed by atoms with Gasteiger partial charge in [-0.05, 0) is 50.6 Å². The lowest BCUT2D eigenvalue weighted by atomic mass is 10.2. The third-order valence-electron chi connectivity index (χ3n) is 4.66. The molecule has 0 fully saturated rings. The summed E-state index contributed by atoms with van der Waals surface area (Å²) in [5.41, 5.74) is -0.235. The van der Waals surface area contributed by atoms with Crippen LogP contribution in [-0.4, -0.2) is 67.7 Å². The fraction of sp³-hybridized carbons (Fsp3) is 0.375. The summed E-state index contributed by atoms with van der Waals surface area (Å²) < 4.78 is 42.6. The molecule has 1 atom stereocenters. The van der Waals surface area contributed by atoms with E-state index in [1.54, 1.807) is 51.1 Å². The van der Waals surface area contributed by atoms with Gasteiger partial charge in [-0.1, -0.05) is 30.3 Å². The first kappa shape index (κ1) is 28.6. The lowest BCUT2D eigenvalue weighted by Gasteiger charge is -2.29. The predicted octanol–water partition coefficient (Wildman–Crippen LogP) is 2.41. The summed E-state index contributed by atoms with van der Waals surface area (Å²) in [6, 6.07) is 12.1. The van der Waals surface area contributed by atoms with Crippen LogP contribution in [0.2, 0.25) is 0 Å². The van der Waals surface area contributed by atoms with E-state index in [1.807, 2.05) is 0 Å². The van der Waals surface area contributed by atoms with Crippen LogP contribution in [0.25, 0.3) is 0 Å². The van der Waals surface area contributed by atoms with Crippen LogP contribution in [0.5, 0.6) is 5.75 Å². The van der Waals surface area contributed by atoms with Gasteiger partial charge >= 0.3 is 18.0 Å². The molecule has 2 N–H and O–H groups in total. The maximum atomic E-state index is 13.4. The standard InChI is InChI=1S/C24H30N2O9S/c1-24(2,3)35-21(27)15-26(36(31,32)19-12-10-18(33-4)11-13-19)20(22(28)29)14-25-23(30)34-16-17-8-6-5-7-9-17/h5-13,20H,14-16H2,1-4H3,(H,25,30)(H,28,29). The van der Waals surface area contributed by atoms with Crippen molar-refractivity contribution in [3.8, 4) is 5.75 Å². The Morgan fingerprint density at radius 1 is 1.03 bits per heavy atom. The molecule has 2 aromatic carbocycles. The number of benzene rings is 2. The maximum Gasteiger partial charge on any atom is 0.407 e. The molecule has 0 radical (unpaired) electrons. The number of hydrogen-bond acceptors (Lipinski definition) is 8. The molecule has 2 aromatic rings. The zero-order chi connectivity index (χ0) is 26.9. The molecule has 1 amide bonds. The number of nitrogens with zero attached hydrogens (tertiary/aromatic N) is 1. The number of aliphatic carboxylic acids is 1. The number of carbonyl (C=O) groups excluding carboxylic acids is 2. The van der Waals surface area contributed by atoms with Crippen molar-refractivity contribution >= 4 is 28.1 Å². The number of sulfonamides is 1. The van der Waals surface area contributed by atoms with Crippen LogP contribution in [0.1, 0.15) is 26.3 Å². The van der Waals surface area contributed by atoms with Crippen molar-refractivity contribution in [3.63, 3.8) is 0 Å². The van der Waals surface area contributed by atoms with E-state index in [4.69, 9.17) is 14.2 Å². The van der Waals surface area contributed by atoms with Gasteiger partial charge < -0.3 is 24.6 Å². The van der Waals surface area contributed by atoms with Gasteiger partial charge in [-0.2, -0.15) is 4.31 Å². The second-order valence-corrected chi connectivity index (χ2v) is 10.5. The number of amides is 1. The number of ether oxygens (including phenoxy) is 3. The molecule has 0 saturated heterocycles. The minimum Gasteiger partial charge on any atom is -0.497 e. The molecule has 0 aromatic heterocycles. The normalized spacial score (nSPS) is 12.5. The van der Waals surface area contributed by atoms with Crippen LogP contribution >= 0.6 is 0 Å². The number of nitrogens with one attached hydrogen (secondary N) is 1. The Kier molecular flexibility index (Phi) is 9.82. The summed E-state index contributed by atoms with van der Waals surface area (Å²) in [5.74, 6) is -2.17. The Labute approximate surface area is 210 Å².